The summed E-state index contributed by atoms with van der Waals surface area (Å²) in [5, 5.41) is 3.29. The monoisotopic (exact) mass is 310 g/mol. The van der Waals surface area contributed by atoms with Gasteiger partial charge in [0.2, 0.25) is 5.91 Å². The number of amides is 2. The molecule has 6 heteroatoms. The first-order chi connectivity index (χ1) is 10.1. The van der Waals surface area contributed by atoms with Gasteiger partial charge in [-0.2, -0.15) is 11.8 Å². The third kappa shape index (κ3) is 4.27. The topological polar surface area (TPSA) is 62.6 Å². The molecule has 1 saturated carbocycles. The number of hydrogen-bond donors (Lipinski definition) is 1. The highest BCUT2D eigenvalue weighted by molar-refractivity contribution is 7.99. The lowest BCUT2D eigenvalue weighted by atomic mass is 10.2. The van der Waals surface area contributed by atoms with E-state index < -0.39 is 0 Å². The first-order valence-corrected chi connectivity index (χ1v) is 8.34. The van der Waals surface area contributed by atoms with E-state index in [2.05, 4.69) is 12.2 Å². The Morgan fingerprint density at radius 1 is 1.48 bits per heavy atom. The molecule has 0 aliphatic heterocycles. The predicted octanol–water partition coefficient (Wildman–Crippen LogP) is 2.14. The number of furan rings is 1. The van der Waals surface area contributed by atoms with Crippen LogP contribution in [0.3, 0.4) is 0 Å². The molecule has 5 nitrogen and oxygen atoms in total. The van der Waals surface area contributed by atoms with E-state index in [4.69, 9.17) is 4.42 Å². The SMILES string of the molecule is CCS[C@@H]1CC[C@@H](N(C)C(=O)CNC(=O)c2ccoc2)C1. The molecule has 2 atom stereocenters. The maximum absolute atomic E-state index is 12.1. The van der Waals surface area contributed by atoms with Crippen LogP contribution < -0.4 is 5.32 Å². The minimum absolute atomic E-state index is 0.0304. The van der Waals surface area contributed by atoms with Crippen molar-refractivity contribution in [2.24, 2.45) is 0 Å². The van der Waals surface area contributed by atoms with Gasteiger partial charge >= 0.3 is 0 Å². The van der Waals surface area contributed by atoms with E-state index >= 15 is 0 Å². The van der Waals surface area contributed by atoms with Gasteiger partial charge in [-0.15, -0.1) is 0 Å². The van der Waals surface area contributed by atoms with Crippen molar-refractivity contribution in [1.82, 2.24) is 10.2 Å². The van der Waals surface area contributed by atoms with Crippen LogP contribution in [0, 0.1) is 0 Å². The zero-order chi connectivity index (χ0) is 15.2. The van der Waals surface area contributed by atoms with Gasteiger partial charge in [-0.3, -0.25) is 9.59 Å². The Labute approximate surface area is 129 Å². The van der Waals surface area contributed by atoms with Crippen LogP contribution in [0.1, 0.15) is 36.5 Å². The van der Waals surface area contributed by atoms with E-state index in [0.29, 0.717) is 16.9 Å². The van der Waals surface area contributed by atoms with Crippen LogP contribution >= 0.6 is 11.8 Å². The molecule has 21 heavy (non-hydrogen) atoms. The molecule has 1 N–H and O–H groups in total. The second kappa shape index (κ2) is 7.54. The number of carbonyl (C=O) groups is 2. The third-order valence-corrected chi connectivity index (χ3v) is 5.12. The number of thioether (sulfide) groups is 1. The van der Waals surface area contributed by atoms with Gasteiger partial charge in [-0.05, 0) is 31.1 Å². The van der Waals surface area contributed by atoms with Crippen LogP contribution in [0.25, 0.3) is 0 Å². The fourth-order valence-corrected chi connectivity index (χ4v) is 3.77. The van der Waals surface area contributed by atoms with Crippen LogP contribution in [0.2, 0.25) is 0 Å². The average molecular weight is 310 g/mol. The van der Waals surface area contributed by atoms with E-state index in [9.17, 15) is 9.59 Å². The zero-order valence-electron chi connectivity index (χ0n) is 12.5. The Morgan fingerprint density at radius 2 is 2.29 bits per heavy atom. The van der Waals surface area contributed by atoms with Gasteiger partial charge in [0.25, 0.3) is 5.91 Å². The van der Waals surface area contributed by atoms with Crippen molar-refractivity contribution in [3.8, 4) is 0 Å². The van der Waals surface area contributed by atoms with Crippen molar-refractivity contribution < 1.29 is 14.0 Å². The molecule has 0 aromatic carbocycles. The Bertz CT molecular complexity index is 475. The summed E-state index contributed by atoms with van der Waals surface area (Å²) >= 11 is 1.97. The van der Waals surface area contributed by atoms with Crippen LogP contribution in [-0.2, 0) is 4.79 Å². The first-order valence-electron chi connectivity index (χ1n) is 7.29. The molecule has 0 radical (unpaired) electrons. The maximum Gasteiger partial charge on any atom is 0.254 e. The van der Waals surface area contributed by atoms with E-state index in [1.165, 1.54) is 18.9 Å². The summed E-state index contributed by atoms with van der Waals surface area (Å²) < 4.78 is 4.85. The van der Waals surface area contributed by atoms with Gasteiger partial charge < -0.3 is 14.6 Å². The Balaban J connectivity index is 1.77. The number of hydrogen-bond acceptors (Lipinski definition) is 4. The average Bonchev–Trinajstić information content (AvgIpc) is 3.15. The molecule has 1 aromatic heterocycles. The van der Waals surface area contributed by atoms with Crippen LogP contribution in [-0.4, -0.2) is 47.4 Å². The number of rotatable bonds is 6. The quantitative estimate of drug-likeness (QED) is 0.874. The lowest BCUT2D eigenvalue weighted by Gasteiger charge is -2.24. The second-order valence-corrected chi connectivity index (χ2v) is 6.82. The Kier molecular flexibility index (Phi) is 5.73. The smallest absolute Gasteiger partial charge is 0.254 e. The third-order valence-electron chi connectivity index (χ3n) is 3.88. The van der Waals surface area contributed by atoms with Crippen molar-refractivity contribution in [3.05, 3.63) is 24.2 Å². The van der Waals surface area contributed by atoms with E-state index in [1.54, 1.807) is 11.0 Å². The summed E-state index contributed by atoms with van der Waals surface area (Å²) in [6, 6.07) is 1.87. The Morgan fingerprint density at radius 3 is 2.95 bits per heavy atom. The molecular weight excluding hydrogens is 288 g/mol. The molecule has 0 bridgehead atoms. The van der Waals surface area contributed by atoms with Crippen LogP contribution in [0.4, 0.5) is 0 Å². The highest BCUT2D eigenvalue weighted by atomic mass is 32.2. The lowest BCUT2D eigenvalue weighted by Crippen LogP contribution is -2.42. The zero-order valence-corrected chi connectivity index (χ0v) is 13.3. The van der Waals surface area contributed by atoms with Gasteiger partial charge in [-0.1, -0.05) is 6.92 Å². The molecule has 1 fully saturated rings. The molecule has 1 heterocycles. The fraction of sp³-hybridized carbons (Fsp3) is 0.600. The minimum Gasteiger partial charge on any atom is -0.472 e. The lowest BCUT2D eigenvalue weighted by molar-refractivity contribution is -0.130. The number of nitrogens with one attached hydrogen (secondary N) is 1. The normalized spacial score (nSPS) is 21.2. The summed E-state index contributed by atoms with van der Waals surface area (Å²) in [7, 11) is 1.83. The second-order valence-electron chi connectivity index (χ2n) is 5.24. The van der Waals surface area contributed by atoms with Crippen molar-refractivity contribution in [2.75, 3.05) is 19.3 Å². The fourth-order valence-electron chi connectivity index (χ4n) is 2.64. The number of likely N-dealkylation sites (N-methyl/N-ethyl adjacent to an activating group) is 1. The summed E-state index contributed by atoms with van der Waals surface area (Å²) in [4.78, 5) is 25.7. The molecule has 1 aliphatic carbocycles. The largest absolute Gasteiger partial charge is 0.472 e. The molecule has 0 saturated heterocycles. The van der Waals surface area contributed by atoms with Crippen LogP contribution in [0.5, 0.6) is 0 Å². The summed E-state index contributed by atoms with van der Waals surface area (Å²) in [6.07, 6.45) is 6.08. The molecule has 2 rings (SSSR count). The molecular formula is C15H22N2O3S. The molecule has 0 spiro atoms. The summed E-state index contributed by atoms with van der Waals surface area (Å²) in [6.45, 7) is 2.20. The van der Waals surface area contributed by atoms with Gasteiger partial charge in [0.1, 0.15) is 6.26 Å². The maximum atomic E-state index is 12.1. The van der Waals surface area contributed by atoms with E-state index in [0.717, 1.165) is 18.6 Å². The minimum atomic E-state index is -0.281. The van der Waals surface area contributed by atoms with Crippen LogP contribution in [0.15, 0.2) is 23.0 Å². The highest BCUT2D eigenvalue weighted by Gasteiger charge is 2.29. The van der Waals surface area contributed by atoms with Gasteiger partial charge in [0, 0.05) is 18.3 Å². The molecule has 1 aromatic rings. The van der Waals surface area contributed by atoms with Gasteiger partial charge in [-0.25, -0.2) is 0 Å². The highest BCUT2D eigenvalue weighted by Crippen LogP contribution is 2.32. The molecule has 116 valence electrons. The Hall–Kier alpha value is -1.43. The molecule has 0 unspecified atom stereocenters. The van der Waals surface area contributed by atoms with Gasteiger partial charge in [0.15, 0.2) is 0 Å². The number of nitrogens with zero attached hydrogens (tertiary/aromatic N) is 1. The standard InChI is InChI=1S/C15H22N2O3S/c1-3-21-13-5-4-12(8-13)17(2)14(18)9-16-15(19)11-6-7-20-10-11/h6-7,10,12-13H,3-5,8-9H2,1-2H3,(H,16,19)/t12-,13-/m1/s1. The van der Waals surface area contributed by atoms with E-state index in [-0.39, 0.29) is 18.4 Å². The van der Waals surface area contributed by atoms with Crippen molar-refractivity contribution >= 4 is 23.6 Å². The summed E-state index contributed by atoms with van der Waals surface area (Å²) in [5.74, 6) is 0.797. The van der Waals surface area contributed by atoms with Crippen molar-refractivity contribution in [3.63, 3.8) is 0 Å². The summed E-state index contributed by atoms with van der Waals surface area (Å²) in [5.41, 5.74) is 0.436. The van der Waals surface area contributed by atoms with Crippen molar-refractivity contribution in [1.29, 1.82) is 0 Å². The number of carbonyl (C=O) groups excluding carboxylic acids is 2. The van der Waals surface area contributed by atoms with Crippen molar-refractivity contribution in [2.45, 2.75) is 37.5 Å². The first kappa shape index (κ1) is 15.9. The molecule has 1 aliphatic rings. The predicted molar refractivity (Wildman–Crippen MR) is 83.4 cm³/mol. The van der Waals surface area contributed by atoms with E-state index in [1.807, 2.05) is 18.8 Å². The molecule has 2 amide bonds. The van der Waals surface area contributed by atoms with Gasteiger partial charge in [0.05, 0.1) is 18.4 Å².